The maximum absolute atomic E-state index is 13.4. The van der Waals surface area contributed by atoms with Crippen molar-refractivity contribution < 1.29 is 14.7 Å². The lowest BCUT2D eigenvalue weighted by molar-refractivity contribution is -0.123. The topological polar surface area (TPSA) is 119 Å². The van der Waals surface area contributed by atoms with Gasteiger partial charge in [-0.1, -0.05) is 12.1 Å². The zero-order valence-corrected chi connectivity index (χ0v) is 30.1. The van der Waals surface area contributed by atoms with E-state index in [1.54, 1.807) is 24.5 Å². The standard InChI is InChI=1S/C32H36I2N6O3S/c1-19(2)40(20(3)4)14-13-36-31(43)27(17-21-15-25(33)29(41)26(34)16-21)38-30(42)23-7-5-22(6-8-23)28-18-44-32(39-28)37-24-9-11-35-12-10-24/h5-12,15-16,18-20,27,41H,13-14,17H2,1-4H3,(H,36,43)(H,38,42)(H,35,37,39)/t27-/m0/s1. The number of aromatic nitrogens is 2. The summed E-state index contributed by atoms with van der Waals surface area (Å²) in [5.41, 5.74) is 3.86. The zero-order chi connectivity index (χ0) is 31.8. The summed E-state index contributed by atoms with van der Waals surface area (Å²) in [6, 6.07) is 14.5. The number of phenolic OH excluding ortho intramolecular Hbond substituents is 1. The number of halogens is 2. The first-order valence-corrected chi connectivity index (χ1v) is 17.3. The van der Waals surface area contributed by atoms with Crippen LogP contribution in [0.5, 0.6) is 5.75 Å². The minimum absolute atomic E-state index is 0.211. The van der Waals surface area contributed by atoms with Crippen molar-refractivity contribution in [2.45, 2.75) is 52.2 Å². The van der Waals surface area contributed by atoms with Crippen molar-refractivity contribution in [3.8, 4) is 17.0 Å². The number of benzene rings is 2. The minimum Gasteiger partial charge on any atom is -0.506 e. The third-order valence-corrected chi connectivity index (χ3v) is 9.42. The van der Waals surface area contributed by atoms with Crippen molar-refractivity contribution in [2.24, 2.45) is 0 Å². The molecule has 2 amide bonds. The largest absolute Gasteiger partial charge is 0.506 e. The van der Waals surface area contributed by atoms with E-state index in [0.29, 0.717) is 37.9 Å². The Balaban J connectivity index is 1.46. The summed E-state index contributed by atoms with van der Waals surface area (Å²) in [6.45, 7) is 9.71. The third kappa shape index (κ3) is 9.34. The van der Waals surface area contributed by atoms with Gasteiger partial charge in [0.15, 0.2) is 5.13 Å². The fourth-order valence-corrected chi connectivity index (χ4v) is 7.42. The zero-order valence-electron chi connectivity index (χ0n) is 25.0. The lowest BCUT2D eigenvalue weighted by atomic mass is 10.0. The first-order valence-electron chi connectivity index (χ1n) is 14.3. The first kappa shape index (κ1) is 34.1. The summed E-state index contributed by atoms with van der Waals surface area (Å²) in [5.74, 6) is -0.385. The number of hydrogen-bond acceptors (Lipinski definition) is 8. The summed E-state index contributed by atoms with van der Waals surface area (Å²) in [7, 11) is 0. The van der Waals surface area contributed by atoms with Crippen molar-refractivity contribution in [3.63, 3.8) is 0 Å². The van der Waals surface area contributed by atoms with Crippen molar-refractivity contribution >= 4 is 79.2 Å². The fraction of sp³-hybridized carbons (Fsp3) is 0.312. The number of nitrogens with zero attached hydrogens (tertiary/aromatic N) is 3. The van der Waals surface area contributed by atoms with Gasteiger partial charge in [-0.2, -0.15) is 0 Å². The highest BCUT2D eigenvalue weighted by Crippen LogP contribution is 2.29. The van der Waals surface area contributed by atoms with Gasteiger partial charge in [0.2, 0.25) is 5.91 Å². The van der Waals surface area contributed by atoms with Gasteiger partial charge in [0, 0.05) is 66.2 Å². The Morgan fingerprint density at radius 2 is 1.61 bits per heavy atom. The molecule has 0 aliphatic heterocycles. The molecule has 0 saturated carbocycles. The van der Waals surface area contributed by atoms with Gasteiger partial charge in [-0.15, -0.1) is 11.3 Å². The summed E-state index contributed by atoms with van der Waals surface area (Å²) in [4.78, 5) is 37.8. The van der Waals surface area contributed by atoms with Gasteiger partial charge in [0.05, 0.1) is 12.8 Å². The molecule has 0 aliphatic rings. The van der Waals surface area contributed by atoms with Crippen LogP contribution < -0.4 is 16.0 Å². The molecule has 44 heavy (non-hydrogen) atoms. The SMILES string of the molecule is CC(C)N(CCNC(=O)[C@H](Cc1cc(I)c(O)c(I)c1)NC(=O)c1ccc(-c2csc(Nc3ccncc3)n2)cc1)C(C)C. The van der Waals surface area contributed by atoms with E-state index in [0.717, 1.165) is 27.6 Å². The van der Waals surface area contributed by atoms with Crippen LogP contribution in [0.15, 0.2) is 66.3 Å². The monoisotopic (exact) mass is 838 g/mol. The number of nitrogens with one attached hydrogen (secondary N) is 3. The highest BCUT2D eigenvalue weighted by molar-refractivity contribution is 14.1. The predicted molar refractivity (Wildman–Crippen MR) is 194 cm³/mol. The van der Waals surface area contributed by atoms with E-state index in [2.05, 4.69) is 104 Å². The molecule has 12 heteroatoms. The van der Waals surface area contributed by atoms with E-state index in [1.165, 1.54) is 11.3 Å². The lowest BCUT2D eigenvalue weighted by Crippen LogP contribution is -2.50. The highest BCUT2D eigenvalue weighted by Gasteiger charge is 2.24. The molecule has 9 nitrogen and oxygen atoms in total. The first-order chi connectivity index (χ1) is 21.0. The Bertz CT molecular complexity index is 1530. The molecule has 4 aromatic rings. The molecule has 0 spiro atoms. The van der Waals surface area contributed by atoms with Gasteiger partial charge in [0.1, 0.15) is 11.8 Å². The summed E-state index contributed by atoms with van der Waals surface area (Å²) in [5, 5.41) is 22.2. The fourth-order valence-electron chi connectivity index (χ4n) is 4.78. The average molecular weight is 839 g/mol. The van der Waals surface area contributed by atoms with Gasteiger partial charge >= 0.3 is 0 Å². The second-order valence-electron chi connectivity index (χ2n) is 10.8. The number of aromatic hydroxyl groups is 1. The van der Waals surface area contributed by atoms with Crippen LogP contribution in [0.3, 0.4) is 0 Å². The Kier molecular flexibility index (Phi) is 12.3. The van der Waals surface area contributed by atoms with E-state index in [1.807, 2.05) is 41.8 Å². The van der Waals surface area contributed by atoms with Crippen molar-refractivity contribution in [3.05, 3.63) is 84.6 Å². The molecular weight excluding hydrogens is 802 g/mol. The van der Waals surface area contributed by atoms with Crippen LogP contribution in [0.1, 0.15) is 43.6 Å². The number of anilines is 2. The lowest BCUT2D eigenvalue weighted by Gasteiger charge is -2.30. The molecule has 0 fully saturated rings. The molecule has 0 bridgehead atoms. The van der Waals surface area contributed by atoms with Crippen LogP contribution in [0.4, 0.5) is 10.8 Å². The smallest absolute Gasteiger partial charge is 0.251 e. The predicted octanol–water partition coefficient (Wildman–Crippen LogP) is 6.44. The third-order valence-electron chi connectivity index (χ3n) is 7.01. The van der Waals surface area contributed by atoms with Crippen LogP contribution in [0.2, 0.25) is 0 Å². The number of amides is 2. The van der Waals surface area contributed by atoms with E-state index >= 15 is 0 Å². The number of hydrogen-bond donors (Lipinski definition) is 4. The molecule has 4 N–H and O–H groups in total. The van der Waals surface area contributed by atoms with Crippen molar-refractivity contribution in [1.29, 1.82) is 0 Å². The molecule has 2 aromatic heterocycles. The van der Waals surface area contributed by atoms with Crippen LogP contribution in [0.25, 0.3) is 11.3 Å². The summed E-state index contributed by atoms with van der Waals surface area (Å²) >= 11 is 5.63. The Morgan fingerprint density at radius 1 is 0.977 bits per heavy atom. The highest BCUT2D eigenvalue weighted by atomic mass is 127. The molecule has 232 valence electrons. The Morgan fingerprint density at radius 3 is 2.23 bits per heavy atom. The van der Waals surface area contributed by atoms with Gasteiger partial charge in [0.25, 0.3) is 5.91 Å². The summed E-state index contributed by atoms with van der Waals surface area (Å²) in [6.07, 6.45) is 3.72. The van der Waals surface area contributed by atoms with E-state index in [-0.39, 0.29) is 24.0 Å². The van der Waals surface area contributed by atoms with E-state index in [4.69, 9.17) is 0 Å². The minimum atomic E-state index is -0.801. The van der Waals surface area contributed by atoms with Gasteiger partial charge in [-0.25, -0.2) is 4.98 Å². The van der Waals surface area contributed by atoms with E-state index in [9.17, 15) is 14.7 Å². The molecule has 2 aromatic carbocycles. The van der Waals surface area contributed by atoms with Gasteiger partial charge in [-0.05, 0) is 115 Å². The van der Waals surface area contributed by atoms with Crippen molar-refractivity contribution in [1.82, 2.24) is 25.5 Å². The Labute approximate surface area is 289 Å². The Hall–Kier alpha value is -2.82. The number of thiazole rings is 1. The van der Waals surface area contributed by atoms with Crippen molar-refractivity contribution in [2.75, 3.05) is 18.4 Å². The van der Waals surface area contributed by atoms with Gasteiger partial charge < -0.3 is 21.1 Å². The van der Waals surface area contributed by atoms with Gasteiger partial charge in [-0.3, -0.25) is 19.5 Å². The molecule has 1 atom stereocenters. The number of rotatable bonds is 13. The second kappa shape index (κ2) is 16.0. The van der Waals surface area contributed by atoms with E-state index < -0.39 is 6.04 Å². The number of carbonyl (C=O) groups is 2. The van der Waals surface area contributed by atoms with Crippen LogP contribution in [-0.2, 0) is 11.2 Å². The van der Waals surface area contributed by atoms with Crippen LogP contribution >= 0.6 is 56.5 Å². The molecule has 0 saturated heterocycles. The molecular formula is C32H36I2N6O3S. The second-order valence-corrected chi connectivity index (χ2v) is 14.0. The summed E-state index contributed by atoms with van der Waals surface area (Å²) < 4.78 is 1.38. The number of carbonyl (C=O) groups excluding carboxylic acids is 2. The molecule has 0 aliphatic carbocycles. The quantitative estimate of drug-likeness (QED) is 0.115. The normalized spacial score (nSPS) is 12.0. The molecule has 2 heterocycles. The number of pyridine rings is 1. The average Bonchev–Trinajstić information content (AvgIpc) is 3.46. The molecule has 0 unspecified atom stereocenters. The van der Waals surface area contributed by atoms with Crippen LogP contribution in [-0.4, -0.2) is 63.0 Å². The molecule has 4 rings (SSSR count). The maximum Gasteiger partial charge on any atom is 0.251 e. The van der Waals surface area contributed by atoms with Crippen LogP contribution in [0, 0.1) is 7.14 Å². The number of phenols is 1. The maximum atomic E-state index is 13.4. The molecule has 0 radical (unpaired) electrons.